The standard InChI is InChI=1S/C36H41N3O6S/c1-36(2,3)37-35(41)31(23-27-15-9-6-10-16-27)38(25-28-17-11-7-12-18-28)34(40)26-39(29-19-13-8-14-20-29)46(42,43)30-21-22-32(44-4)33(24-30)45-5/h6-22,24,31H,23,25-26H2,1-5H3,(H,37,41). The molecule has 4 rings (SSSR count). The number of sulfonamides is 1. The highest BCUT2D eigenvalue weighted by atomic mass is 32.2. The van der Waals surface area contributed by atoms with Gasteiger partial charge < -0.3 is 19.7 Å². The van der Waals surface area contributed by atoms with Crippen LogP contribution in [0.2, 0.25) is 0 Å². The van der Waals surface area contributed by atoms with Crippen molar-refractivity contribution in [1.29, 1.82) is 0 Å². The molecule has 10 heteroatoms. The molecule has 1 unspecified atom stereocenters. The van der Waals surface area contributed by atoms with Crippen molar-refractivity contribution in [3.63, 3.8) is 0 Å². The SMILES string of the molecule is COc1ccc(S(=O)(=O)N(CC(=O)N(Cc2ccccc2)C(Cc2ccccc2)C(=O)NC(C)(C)C)c2ccccc2)cc1OC. The summed E-state index contributed by atoms with van der Waals surface area (Å²) in [5.41, 5.74) is 1.39. The highest BCUT2D eigenvalue weighted by Crippen LogP contribution is 2.32. The van der Waals surface area contributed by atoms with Crippen molar-refractivity contribution in [3.8, 4) is 11.5 Å². The molecule has 2 amide bonds. The van der Waals surface area contributed by atoms with Crippen LogP contribution in [-0.2, 0) is 32.6 Å². The molecule has 0 saturated heterocycles. The van der Waals surface area contributed by atoms with Gasteiger partial charge in [0.1, 0.15) is 12.6 Å². The number of methoxy groups -OCH3 is 2. The number of amides is 2. The third-order valence-electron chi connectivity index (χ3n) is 7.23. The summed E-state index contributed by atoms with van der Waals surface area (Å²) in [5.74, 6) is -0.279. The van der Waals surface area contributed by atoms with Gasteiger partial charge in [0.2, 0.25) is 11.8 Å². The lowest BCUT2D eigenvalue weighted by Crippen LogP contribution is -2.56. The number of benzene rings is 4. The maximum Gasteiger partial charge on any atom is 0.264 e. The van der Waals surface area contributed by atoms with Gasteiger partial charge in [-0.25, -0.2) is 8.42 Å². The molecule has 0 bridgehead atoms. The molecule has 0 fully saturated rings. The summed E-state index contributed by atoms with van der Waals surface area (Å²) in [6.45, 7) is 5.16. The molecule has 0 aliphatic heterocycles. The topological polar surface area (TPSA) is 105 Å². The third kappa shape index (κ3) is 8.66. The quantitative estimate of drug-likeness (QED) is 0.208. The fraction of sp³-hybridized carbons (Fsp3) is 0.278. The van der Waals surface area contributed by atoms with E-state index in [1.807, 2.05) is 81.4 Å². The Labute approximate surface area is 271 Å². The van der Waals surface area contributed by atoms with Gasteiger partial charge in [0.15, 0.2) is 11.5 Å². The van der Waals surface area contributed by atoms with Gasteiger partial charge in [-0.2, -0.15) is 0 Å². The number of anilines is 1. The van der Waals surface area contributed by atoms with Crippen LogP contribution in [0.1, 0.15) is 31.9 Å². The van der Waals surface area contributed by atoms with E-state index in [2.05, 4.69) is 5.32 Å². The first-order valence-corrected chi connectivity index (χ1v) is 16.4. The number of rotatable bonds is 13. The average Bonchev–Trinajstić information content (AvgIpc) is 3.05. The van der Waals surface area contributed by atoms with Gasteiger partial charge in [-0.05, 0) is 56.2 Å². The Morgan fingerprint density at radius 1 is 0.761 bits per heavy atom. The fourth-order valence-corrected chi connectivity index (χ4v) is 6.44. The molecule has 0 aliphatic carbocycles. The van der Waals surface area contributed by atoms with Crippen molar-refractivity contribution >= 4 is 27.5 Å². The Hall–Kier alpha value is -4.83. The minimum absolute atomic E-state index is 0.0808. The summed E-state index contributed by atoms with van der Waals surface area (Å²) in [6, 6.07) is 30.6. The van der Waals surface area contributed by atoms with Gasteiger partial charge in [-0.3, -0.25) is 13.9 Å². The summed E-state index contributed by atoms with van der Waals surface area (Å²) in [7, 11) is -1.41. The molecule has 0 aliphatic rings. The molecule has 0 spiro atoms. The second-order valence-corrected chi connectivity index (χ2v) is 13.7. The largest absolute Gasteiger partial charge is 0.493 e. The number of hydrogen-bond acceptors (Lipinski definition) is 6. The summed E-state index contributed by atoms with van der Waals surface area (Å²) < 4.78 is 40.3. The number of carbonyl (C=O) groups excluding carboxylic acids is 2. The third-order valence-corrected chi connectivity index (χ3v) is 9.00. The molecule has 4 aromatic carbocycles. The molecule has 9 nitrogen and oxygen atoms in total. The van der Waals surface area contributed by atoms with Crippen molar-refractivity contribution in [1.82, 2.24) is 10.2 Å². The second kappa shape index (κ2) is 15.0. The van der Waals surface area contributed by atoms with Crippen LogP contribution in [0.5, 0.6) is 11.5 Å². The smallest absolute Gasteiger partial charge is 0.264 e. The molecule has 0 saturated carbocycles. The second-order valence-electron chi connectivity index (χ2n) is 11.8. The first kappa shape index (κ1) is 34.1. The van der Waals surface area contributed by atoms with Gasteiger partial charge in [0.05, 0.1) is 24.8 Å². The molecular formula is C36H41N3O6S. The number of ether oxygens (including phenoxy) is 2. The Bertz CT molecular complexity index is 1710. The molecular weight excluding hydrogens is 602 g/mol. The summed E-state index contributed by atoms with van der Waals surface area (Å²) in [6.07, 6.45) is 0.231. The minimum Gasteiger partial charge on any atom is -0.493 e. The molecule has 46 heavy (non-hydrogen) atoms. The Kier molecular flexibility index (Phi) is 11.1. The maximum atomic E-state index is 14.5. The van der Waals surface area contributed by atoms with Gasteiger partial charge >= 0.3 is 0 Å². The van der Waals surface area contributed by atoms with Gasteiger partial charge in [-0.15, -0.1) is 0 Å². The zero-order valence-electron chi connectivity index (χ0n) is 26.8. The van der Waals surface area contributed by atoms with E-state index in [-0.39, 0.29) is 29.5 Å². The van der Waals surface area contributed by atoms with E-state index in [1.54, 1.807) is 30.3 Å². The van der Waals surface area contributed by atoms with Crippen molar-refractivity contribution in [2.75, 3.05) is 25.1 Å². The van der Waals surface area contributed by atoms with Crippen LogP contribution in [-0.4, -0.2) is 57.5 Å². The Morgan fingerprint density at radius 2 is 1.30 bits per heavy atom. The lowest BCUT2D eigenvalue weighted by Gasteiger charge is -2.35. The zero-order chi connectivity index (χ0) is 33.3. The Morgan fingerprint density at radius 3 is 1.85 bits per heavy atom. The first-order chi connectivity index (χ1) is 21.9. The van der Waals surface area contributed by atoms with Crippen molar-refractivity contribution in [2.45, 2.75) is 50.2 Å². The van der Waals surface area contributed by atoms with Crippen LogP contribution >= 0.6 is 0 Å². The number of nitrogens with one attached hydrogen (secondary N) is 1. The minimum atomic E-state index is -4.30. The van der Waals surface area contributed by atoms with Crippen molar-refractivity contribution in [3.05, 3.63) is 120 Å². The number of carbonyl (C=O) groups is 2. The molecule has 242 valence electrons. The van der Waals surface area contributed by atoms with Crippen LogP contribution in [0, 0.1) is 0 Å². The summed E-state index contributed by atoms with van der Waals surface area (Å²) >= 11 is 0. The monoisotopic (exact) mass is 643 g/mol. The van der Waals surface area contributed by atoms with Crippen LogP contribution in [0.15, 0.2) is 114 Å². The first-order valence-electron chi connectivity index (χ1n) is 14.9. The van der Waals surface area contributed by atoms with Crippen molar-refractivity contribution in [2.24, 2.45) is 0 Å². The highest BCUT2D eigenvalue weighted by molar-refractivity contribution is 7.92. The molecule has 4 aromatic rings. The number of hydrogen-bond donors (Lipinski definition) is 1. The van der Waals surface area contributed by atoms with Crippen LogP contribution < -0.4 is 19.1 Å². The molecule has 0 radical (unpaired) electrons. The molecule has 0 aromatic heterocycles. The zero-order valence-corrected chi connectivity index (χ0v) is 27.7. The van der Waals surface area contributed by atoms with E-state index in [0.717, 1.165) is 15.4 Å². The molecule has 1 N–H and O–H groups in total. The predicted octanol–water partition coefficient (Wildman–Crippen LogP) is 5.45. The van der Waals surface area contributed by atoms with E-state index < -0.39 is 34.1 Å². The van der Waals surface area contributed by atoms with Gasteiger partial charge in [0.25, 0.3) is 10.0 Å². The highest BCUT2D eigenvalue weighted by Gasteiger charge is 2.35. The average molecular weight is 644 g/mol. The normalized spacial score (nSPS) is 12.1. The molecule has 0 heterocycles. The predicted molar refractivity (Wildman–Crippen MR) is 179 cm³/mol. The van der Waals surface area contributed by atoms with E-state index in [4.69, 9.17) is 9.47 Å². The van der Waals surface area contributed by atoms with E-state index >= 15 is 0 Å². The van der Waals surface area contributed by atoms with E-state index in [1.165, 1.54) is 37.3 Å². The lowest BCUT2D eigenvalue weighted by atomic mass is 10.0. The molecule has 1 atom stereocenters. The van der Waals surface area contributed by atoms with Crippen LogP contribution in [0.4, 0.5) is 5.69 Å². The summed E-state index contributed by atoms with van der Waals surface area (Å²) in [5, 5.41) is 3.03. The van der Waals surface area contributed by atoms with Gasteiger partial charge in [0, 0.05) is 24.6 Å². The lowest BCUT2D eigenvalue weighted by molar-refractivity contribution is -0.140. The van der Waals surface area contributed by atoms with E-state index in [9.17, 15) is 18.0 Å². The van der Waals surface area contributed by atoms with Gasteiger partial charge in [-0.1, -0.05) is 78.9 Å². The fourth-order valence-electron chi connectivity index (χ4n) is 5.01. The Balaban J connectivity index is 1.81. The van der Waals surface area contributed by atoms with E-state index in [0.29, 0.717) is 11.4 Å². The number of para-hydroxylation sites is 1. The summed E-state index contributed by atoms with van der Waals surface area (Å²) in [4.78, 5) is 29.9. The van der Waals surface area contributed by atoms with Crippen LogP contribution in [0.25, 0.3) is 0 Å². The van der Waals surface area contributed by atoms with Crippen LogP contribution in [0.3, 0.4) is 0 Å². The van der Waals surface area contributed by atoms with Crippen molar-refractivity contribution < 1.29 is 27.5 Å². The number of nitrogens with zero attached hydrogens (tertiary/aromatic N) is 2. The maximum absolute atomic E-state index is 14.5.